The van der Waals surface area contributed by atoms with Crippen molar-refractivity contribution in [2.45, 2.75) is 64.0 Å². The highest BCUT2D eigenvalue weighted by Crippen LogP contribution is 2.29. The molecule has 1 aromatic heterocycles. The molecule has 0 saturated carbocycles. The minimum Gasteiger partial charge on any atom is -0.397 e. The summed E-state index contributed by atoms with van der Waals surface area (Å²) in [6, 6.07) is 13.8. The molecule has 44 heavy (non-hydrogen) atoms. The van der Waals surface area contributed by atoms with Gasteiger partial charge in [-0.1, -0.05) is 54.9 Å². The Morgan fingerprint density at radius 1 is 1.05 bits per heavy atom. The molecule has 11 heteroatoms. The number of aromatic nitrogens is 3. The maximum absolute atomic E-state index is 13.9. The zero-order valence-electron chi connectivity index (χ0n) is 26.0. The van der Waals surface area contributed by atoms with Crippen molar-refractivity contribution >= 4 is 29.1 Å². The highest BCUT2D eigenvalue weighted by Gasteiger charge is 2.33. The lowest BCUT2D eigenvalue weighted by Crippen LogP contribution is -2.48. The van der Waals surface area contributed by atoms with Gasteiger partial charge in [0.25, 0.3) is 0 Å². The Bertz CT molecular complexity index is 1500. The highest BCUT2D eigenvalue weighted by atomic mass is 35.5. The number of carbonyl (C=O) groups is 2. The lowest BCUT2D eigenvalue weighted by molar-refractivity contribution is -0.142. The van der Waals surface area contributed by atoms with Gasteiger partial charge in [-0.25, -0.2) is 9.48 Å². The van der Waals surface area contributed by atoms with E-state index in [4.69, 9.17) is 17.3 Å². The summed E-state index contributed by atoms with van der Waals surface area (Å²) < 4.78 is 1.52. The van der Waals surface area contributed by atoms with Gasteiger partial charge in [0.2, 0.25) is 11.8 Å². The standard InChI is InChI=1S/C33H44ClN7O3/c1-4-23-18-22(20-28(34)30(23)35)19-25(32(43)40-16-10-26(11-17-40)38(2)3)21-29(42)39-14-12-27(13-15-39)41-33(44)36-31(37-41)24-8-6-5-7-9-24/h5-9,18,20,25-27H,4,10-17,19,21,35H2,1-3H3,(H,36,37,44)/t25-/m0/s1. The molecule has 0 spiro atoms. The second kappa shape index (κ2) is 14.0. The Morgan fingerprint density at radius 3 is 2.34 bits per heavy atom. The van der Waals surface area contributed by atoms with Crippen molar-refractivity contribution in [1.82, 2.24) is 29.5 Å². The summed E-state index contributed by atoms with van der Waals surface area (Å²) in [7, 11) is 4.15. The summed E-state index contributed by atoms with van der Waals surface area (Å²) in [5.74, 6) is 0.0246. The molecule has 1 atom stereocenters. The third kappa shape index (κ3) is 7.18. The van der Waals surface area contributed by atoms with E-state index in [9.17, 15) is 14.4 Å². The number of amides is 2. The highest BCUT2D eigenvalue weighted by molar-refractivity contribution is 6.33. The molecule has 2 amide bonds. The Labute approximate surface area is 264 Å². The van der Waals surface area contributed by atoms with Crippen LogP contribution in [0.25, 0.3) is 11.4 Å². The first-order valence-corrected chi connectivity index (χ1v) is 16.1. The van der Waals surface area contributed by atoms with Crippen LogP contribution in [0.5, 0.6) is 0 Å². The largest absolute Gasteiger partial charge is 0.397 e. The van der Waals surface area contributed by atoms with Gasteiger partial charge in [0.1, 0.15) is 0 Å². The number of halogens is 1. The van der Waals surface area contributed by atoms with Crippen LogP contribution in [0.15, 0.2) is 47.3 Å². The van der Waals surface area contributed by atoms with Crippen LogP contribution in [-0.2, 0) is 22.4 Å². The minimum absolute atomic E-state index is 0.0213. The number of carbonyl (C=O) groups excluding carboxylic acids is 2. The van der Waals surface area contributed by atoms with Crippen molar-refractivity contribution < 1.29 is 9.59 Å². The average molecular weight is 622 g/mol. The van der Waals surface area contributed by atoms with Gasteiger partial charge in [-0.05, 0) is 69.8 Å². The van der Waals surface area contributed by atoms with Crippen molar-refractivity contribution in [2.24, 2.45) is 5.92 Å². The number of H-pyrrole nitrogens is 1. The summed E-state index contributed by atoms with van der Waals surface area (Å²) >= 11 is 6.46. The topological polar surface area (TPSA) is 121 Å². The molecule has 3 heterocycles. The number of aryl methyl sites for hydroxylation is 1. The van der Waals surface area contributed by atoms with Crippen LogP contribution in [0.1, 0.15) is 56.2 Å². The summed E-state index contributed by atoms with van der Waals surface area (Å²) in [4.78, 5) is 49.2. The number of nitrogens with zero attached hydrogens (tertiary/aromatic N) is 5. The molecule has 0 bridgehead atoms. The van der Waals surface area contributed by atoms with Gasteiger partial charge < -0.3 is 20.4 Å². The lowest BCUT2D eigenvalue weighted by atomic mass is 9.91. The number of nitrogens with one attached hydrogen (secondary N) is 1. The number of piperidine rings is 2. The van der Waals surface area contributed by atoms with Crippen LogP contribution >= 0.6 is 11.6 Å². The second-order valence-electron chi connectivity index (χ2n) is 12.3. The molecule has 2 aliphatic rings. The van der Waals surface area contributed by atoms with Crippen molar-refractivity contribution in [3.63, 3.8) is 0 Å². The van der Waals surface area contributed by atoms with Crippen LogP contribution in [0.3, 0.4) is 0 Å². The van der Waals surface area contributed by atoms with Gasteiger partial charge in [-0.3, -0.25) is 14.6 Å². The van der Waals surface area contributed by atoms with Crippen molar-refractivity contribution in [1.29, 1.82) is 0 Å². The number of aromatic amines is 1. The molecule has 0 aliphatic carbocycles. The van der Waals surface area contributed by atoms with E-state index in [0.717, 1.165) is 36.0 Å². The molecule has 0 unspecified atom stereocenters. The fraction of sp³-hybridized carbons (Fsp3) is 0.515. The molecule has 0 radical (unpaired) electrons. The number of nitrogens with two attached hydrogens (primary N) is 1. The third-order valence-corrected chi connectivity index (χ3v) is 9.58. The molecule has 3 N–H and O–H groups in total. The number of nitrogen functional groups attached to an aromatic ring is 1. The summed E-state index contributed by atoms with van der Waals surface area (Å²) in [5, 5.41) is 5.04. The molecule has 5 rings (SSSR count). The first-order valence-electron chi connectivity index (χ1n) is 15.7. The van der Waals surface area contributed by atoms with E-state index < -0.39 is 5.92 Å². The SMILES string of the molecule is CCc1cc(C[C@@H](CC(=O)N2CCC(n3nc(-c4ccccc4)[nH]c3=O)CC2)C(=O)N2CCC(N(C)C)CC2)cc(Cl)c1N. The molecule has 2 fully saturated rings. The number of rotatable bonds is 9. The molecule has 2 saturated heterocycles. The Morgan fingerprint density at radius 2 is 1.70 bits per heavy atom. The molecule has 236 valence electrons. The summed E-state index contributed by atoms with van der Waals surface area (Å²) in [6.45, 7) is 4.41. The van der Waals surface area contributed by atoms with E-state index in [1.807, 2.05) is 59.2 Å². The van der Waals surface area contributed by atoms with Crippen molar-refractivity contribution in [3.05, 3.63) is 69.1 Å². The van der Waals surface area contributed by atoms with E-state index in [1.54, 1.807) is 0 Å². The van der Waals surface area contributed by atoms with Crippen LogP contribution in [0, 0.1) is 5.92 Å². The average Bonchev–Trinajstić information content (AvgIpc) is 3.43. The maximum atomic E-state index is 13.9. The summed E-state index contributed by atoms with van der Waals surface area (Å²) in [5.41, 5.74) is 9.22. The maximum Gasteiger partial charge on any atom is 0.343 e. The quantitative estimate of drug-likeness (QED) is 0.349. The van der Waals surface area contributed by atoms with Crippen LogP contribution in [0.2, 0.25) is 5.02 Å². The van der Waals surface area contributed by atoms with E-state index in [-0.39, 0.29) is 30.0 Å². The fourth-order valence-corrected chi connectivity index (χ4v) is 6.81. The molecular formula is C33H44ClN7O3. The third-order valence-electron chi connectivity index (χ3n) is 9.27. The van der Waals surface area contributed by atoms with Gasteiger partial charge in [-0.15, -0.1) is 5.10 Å². The normalized spacial score (nSPS) is 17.3. The van der Waals surface area contributed by atoms with E-state index in [1.165, 1.54) is 4.68 Å². The van der Waals surface area contributed by atoms with Gasteiger partial charge in [0, 0.05) is 44.2 Å². The van der Waals surface area contributed by atoms with Gasteiger partial charge >= 0.3 is 5.69 Å². The molecular weight excluding hydrogens is 578 g/mol. The molecule has 10 nitrogen and oxygen atoms in total. The lowest BCUT2D eigenvalue weighted by Gasteiger charge is -2.37. The predicted octanol–water partition coefficient (Wildman–Crippen LogP) is 4.00. The van der Waals surface area contributed by atoms with Crippen molar-refractivity contribution in [2.75, 3.05) is 46.0 Å². The van der Waals surface area contributed by atoms with Gasteiger partial charge in [0.15, 0.2) is 5.82 Å². The number of anilines is 1. The fourth-order valence-electron chi connectivity index (χ4n) is 6.55. The van der Waals surface area contributed by atoms with Gasteiger partial charge in [-0.2, -0.15) is 0 Å². The van der Waals surface area contributed by atoms with Crippen LogP contribution in [0.4, 0.5) is 5.69 Å². The van der Waals surface area contributed by atoms with Gasteiger partial charge in [0.05, 0.1) is 22.7 Å². The van der Waals surface area contributed by atoms with E-state index in [2.05, 4.69) is 29.1 Å². The first-order chi connectivity index (χ1) is 21.1. The minimum atomic E-state index is -0.497. The Balaban J connectivity index is 1.27. The number of hydrogen-bond donors (Lipinski definition) is 2. The summed E-state index contributed by atoms with van der Waals surface area (Å²) in [6.07, 6.45) is 4.35. The zero-order chi connectivity index (χ0) is 31.4. The number of benzene rings is 2. The van der Waals surface area contributed by atoms with E-state index in [0.29, 0.717) is 68.0 Å². The Kier molecular flexibility index (Phi) is 10.1. The monoisotopic (exact) mass is 621 g/mol. The smallest absolute Gasteiger partial charge is 0.343 e. The molecule has 2 aromatic carbocycles. The van der Waals surface area contributed by atoms with Crippen LogP contribution in [-0.4, -0.2) is 87.6 Å². The first kappa shape index (κ1) is 31.8. The number of hydrogen-bond acceptors (Lipinski definition) is 6. The predicted molar refractivity (Wildman–Crippen MR) is 173 cm³/mol. The van der Waals surface area contributed by atoms with E-state index >= 15 is 0 Å². The van der Waals surface area contributed by atoms with Crippen molar-refractivity contribution in [3.8, 4) is 11.4 Å². The number of likely N-dealkylation sites (tertiary alicyclic amines) is 2. The molecule has 2 aliphatic heterocycles. The van der Waals surface area contributed by atoms with Crippen LogP contribution < -0.4 is 11.4 Å². The second-order valence-corrected chi connectivity index (χ2v) is 12.7. The molecule has 3 aromatic rings. The zero-order valence-corrected chi connectivity index (χ0v) is 26.7. The Hall–Kier alpha value is -3.63.